The third-order valence-electron chi connectivity index (χ3n) is 1.81. The molecule has 2 N–H and O–H groups in total. The zero-order valence-electron chi connectivity index (χ0n) is 7.47. The van der Waals surface area contributed by atoms with Gasteiger partial charge in [0.05, 0.1) is 7.85 Å². The van der Waals surface area contributed by atoms with Gasteiger partial charge in [-0.05, 0) is 19.8 Å². The molecule has 0 aromatic rings. The van der Waals surface area contributed by atoms with Gasteiger partial charge in [0, 0.05) is 5.54 Å². The van der Waals surface area contributed by atoms with E-state index in [-0.39, 0.29) is 5.54 Å². The van der Waals surface area contributed by atoms with Crippen LogP contribution in [0.4, 0.5) is 0 Å². The molecule has 0 bridgehead atoms. The van der Waals surface area contributed by atoms with Gasteiger partial charge in [-0.2, -0.15) is 0 Å². The number of unbranched alkanes of at least 4 members (excludes halogenated alkanes) is 1. The smallest absolute Gasteiger partial charge is 0.0653 e. The van der Waals surface area contributed by atoms with Gasteiger partial charge in [0.1, 0.15) is 0 Å². The molecule has 2 heteroatoms. The first-order valence-corrected chi connectivity index (χ1v) is 4.22. The van der Waals surface area contributed by atoms with Crippen molar-refractivity contribution < 1.29 is 0 Å². The fourth-order valence-electron chi connectivity index (χ4n) is 1.10. The van der Waals surface area contributed by atoms with Gasteiger partial charge in [0.2, 0.25) is 0 Å². The van der Waals surface area contributed by atoms with Crippen LogP contribution in [0.2, 0.25) is 6.32 Å². The molecule has 0 heterocycles. The first-order chi connectivity index (χ1) is 5.12. The lowest BCUT2D eigenvalue weighted by atomic mass is 9.90. The molecule has 1 atom stereocenters. The molecular formula is C9H18BN. The zero-order valence-corrected chi connectivity index (χ0v) is 7.47. The molecule has 0 aliphatic carbocycles. The fourth-order valence-corrected chi connectivity index (χ4v) is 1.10. The Kier molecular flexibility index (Phi) is 5.30. The molecule has 0 spiro atoms. The molecule has 0 saturated heterocycles. The monoisotopic (exact) mass is 151 g/mol. The van der Waals surface area contributed by atoms with E-state index in [9.17, 15) is 0 Å². The molecule has 0 aromatic heterocycles. The van der Waals surface area contributed by atoms with Gasteiger partial charge >= 0.3 is 0 Å². The van der Waals surface area contributed by atoms with Gasteiger partial charge in [-0.15, -0.1) is 6.58 Å². The largest absolute Gasteiger partial charge is 0.325 e. The third-order valence-corrected chi connectivity index (χ3v) is 1.81. The van der Waals surface area contributed by atoms with E-state index in [2.05, 4.69) is 13.5 Å². The highest BCUT2D eigenvalue weighted by atomic mass is 14.7. The van der Waals surface area contributed by atoms with E-state index in [1.54, 1.807) is 0 Å². The Labute approximate surface area is 71.5 Å². The van der Waals surface area contributed by atoms with Gasteiger partial charge in [-0.3, -0.25) is 0 Å². The summed E-state index contributed by atoms with van der Waals surface area (Å²) < 4.78 is 0. The van der Waals surface area contributed by atoms with Crippen molar-refractivity contribution in [2.45, 2.75) is 44.5 Å². The van der Waals surface area contributed by atoms with Gasteiger partial charge < -0.3 is 5.73 Å². The summed E-state index contributed by atoms with van der Waals surface area (Å²) in [6, 6.07) is 0. The normalized spacial score (nSPS) is 15.8. The number of hydrogen-bond acceptors (Lipinski definition) is 1. The molecule has 0 aliphatic rings. The van der Waals surface area contributed by atoms with E-state index in [0.717, 1.165) is 32.0 Å². The highest BCUT2D eigenvalue weighted by molar-refractivity contribution is 6.08. The first-order valence-electron chi connectivity index (χ1n) is 4.22. The summed E-state index contributed by atoms with van der Waals surface area (Å²) in [5.41, 5.74) is 5.88. The van der Waals surface area contributed by atoms with E-state index < -0.39 is 0 Å². The van der Waals surface area contributed by atoms with Crippen LogP contribution < -0.4 is 5.73 Å². The maximum absolute atomic E-state index is 5.96. The van der Waals surface area contributed by atoms with Crippen LogP contribution in [0.25, 0.3) is 0 Å². The Balaban J connectivity index is 3.45. The van der Waals surface area contributed by atoms with Crippen molar-refractivity contribution in [3.63, 3.8) is 0 Å². The zero-order chi connectivity index (χ0) is 8.74. The second kappa shape index (κ2) is 5.42. The Bertz CT molecular complexity index is 110. The lowest BCUT2D eigenvalue weighted by Gasteiger charge is -2.22. The molecule has 0 aliphatic heterocycles. The predicted molar refractivity (Wildman–Crippen MR) is 51.8 cm³/mol. The summed E-state index contributed by atoms with van der Waals surface area (Å²) in [6.45, 7) is 5.73. The molecule has 0 saturated carbocycles. The van der Waals surface area contributed by atoms with Crippen molar-refractivity contribution in [1.82, 2.24) is 0 Å². The topological polar surface area (TPSA) is 26.0 Å². The lowest BCUT2D eigenvalue weighted by Crippen LogP contribution is -2.35. The number of rotatable bonds is 6. The molecule has 1 nitrogen and oxygen atoms in total. The van der Waals surface area contributed by atoms with E-state index in [1.807, 2.05) is 6.08 Å². The van der Waals surface area contributed by atoms with Gasteiger partial charge in [-0.25, -0.2) is 0 Å². The van der Waals surface area contributed by atoms with Crippen LogP contribution in [0.5, 0.6) is 0 Å². The Morgan fingerprint density at radius 1 is 1.55 bits per heavy atom. The highest BCUT2D eigenvalue weighted by Gasteiger charge is 2.14. The van der Waals surface area contributed by atoms with Crippen molar-refractivity contribution in [3.05, 3.63) is 12.7 Å². The Hall–Kier alpha value is -0.235. The van der Waals surface area contributed by atoms with Gasteiger partial charge in [-0.1, -0.05) is 25.2 Å². The van der Waals surface area contributed by atoms with Crippen LogP contribution in [0, 0.1) is 0 Å². The average molecular weight is 151 g/mol. The van der Waals surface area contributed by atoms with Crippen LogP contribution in [-0.2, 0) is 0 Å². The molecular weight excluding hydrogens is 133 g/mol. The number of hydrogen-bond donors (Lipinski definition) is 1. The van der Waals surface area contributed by atoms with Gasteiger partial charge in [0.15, 0.2) is 0 Å². The molecule has 1 unspecified atom stereocenters. The van der Waals surface area contributed by atoms with Crippen LogP contribution in [-0.4, -0.2) is 13.4 Å². The summed E-state index contributed by atoms with van der Waals surface area (Å²) in [6.07, 6.45) is 6.77. The van der Waals surface area contributed by atoms with Crippen LogP contribution >= 0.6 is 0 Å². The highest BCUT2D eigenvalue weighted by Crippen LogP contribution is 2.15. The van der Waals surface area contributed by atoms with Gasteiger partial charge in [0.25, 0.3) is 0 Å². The van der Waals surface area contributed by atoms with E-state index in [1.165, 1.54) is 0 Å². The SMILES string of the molecule is [B]CCCCC(C)(N)CC=C. The standard InChI is InChI=1S/C9H18BN/c1-3-6-9(2,11)7-4-5-8-10/h3H,1,4-8,11H2,2H3. The molecule has 0 aromatic carbocycles. The van der Waals surface area contributed by atoms with Crippen molar-refractivity contribution in [2.75, 3.05) is 0 Å². The molecule has 0 fully saturated rings. The first kappa shape index (κ1) is 10.8. The lowest BCUT2D eigenvalue weighted by molar-refractivity contribution is 0.421. The van der Waals surface area contributed by atoms with Crippen LogP contribution in [0.1, 0.15) is 32.6 Å². The second-order valence-electron chi connectivity index (χ2n) is 3.39. The Morgan fingerprint density at radius 2 is 2.18 bits per heavy atom. The minimum Gasteiger partial charge on any atom is -0.325 e. The fraction of sp³-hybridized carbons (Fsp3) is 0.778. The van der Waals surface area contributed by atoms with Crippen molar-refractivity contribution in [3.8, 4) is 0 Å². The second-order valence-corrected chi connectivity index (χ2v) is 3.39. The van der Waals surface area contributed by atoms with E-state index in [0.29, 0.717) is 0 Å². The van der Waals surface area contributed by atoms with E-state index >= 15 is 0 Å². The quantitative estimate of drug-likeness (QED) is 0.351. The minimum absolute atomic E-state index is 0.0725. The summed E-state index contributed by atoms with van der Waals surface area (Å²) in [4.78, 5) is 0. The summed E-state index contributed by atoms with van der Waals surface area (Å²) in [5.74, 6) is 0. The summed E-state index contributed by atoms with van der Waals surface area (Å²) in [5, 5.41) is 0. The number of nitrogens with two attached hydrogens (primary N) is 1. The van der Waals surface area contributed by atoms with Crippen LogP contribution in [0.15, 0.2) is 12.7 Å². The Morgan fingerprint density at radius 3 is 2.64 bits per heavy atom. The maximum Gasteiger partial charge on any atom is 0.0653 e. The van der Waals surface area contributed by atoms with Crippen molar-refractivity contribution in [1.29, 1.82) is 0 Å². The predicted octanol–water partition coefficient (Wildman–Crippen LogP) is 2.04. The minimum atomic E-state index is -0.0725. The molecule has 11 heavy (non-hydrogen) atoms. The summed E-state index contributed by atoms with van der Waals surface area (Å²) in [7, 11) is 5.37. The van der Waals surface area contributed by atoms with Crippen LogP contribution in [0.3, 0.4) is 0 Å². The third kappa shape index (κ3) is 6.17. The summed E-state index contributed by atoms with van der Waals surface area (Å²) >= 11 is 0. The average Bonchev–Trinajstić information content (AvgIpc) is 1.87. The molecule has 0 amide bonds. The molecule has 2 radical (unpaired) electrons. The molecule has 62 valence electrons. The maximum atomic E-state index is 5.96. The van der Waals surface area contributed by atoms with E-state index in [4.69, 9.17) is 13.6 Å². The molecule has 0 rings (SSSR count). The van der Waals surface area contributed by atoms with Crippen molar-refractivity contribution >= 4 is 7.85 Å². The van der Waals surface area contributed by atoms with Crippen molar-refractivity contribution in [2.24, 2.45) is 5.73 Å².